The molecule has 2 N–H and O–H groups in total. The molecule has 0 saturated heterocycles. The highest BCUT2D eigenvalue weighted by molar-refractivity contribution is 5.89. The van der Waals surface area contributed by atoms with Crippen molar-refractivity contribution < 1.29 is 9.53 Å². The van der Waals surface area contributed by atoms with Gasteiger partial charge in [0.15, 0.2) is 0 Å². The van der Waals surface area contributed by atoms with Gasteiger partial charge in [-0.3, -0.25) is 0 Å². The summed E-state index contributed by atoms with van der Waals surface area (Å²) in [6.07, 6.45) is 5.73. The summed E-state index contributed by atoms with van der Waals surface area (Å²) in [7, 11) is 0. The molecule has 0 aromatic heterocycles. The average Bonchev–Trinajstić information content (AvgIpc) is 2.33. The molecule has 3 heteroatoms. The van der Waals surface area contributed by atoms with E-state index in [4.69, 9.17) is 10.5 Å². The van der Waals surface area contributed by atoms with Gasteiger partial charge in [-0.05, 0) is 43.0 Å². The van der Waals surface area contributed by atoms with Gasteiger partial charge in [0.1, 0.15) is 0 Å². The molecular weight excluding hydrogens is 226 g/mol. The van der Waals surface area contributed by atoms with Crippen molar-refractivity contribution in [2.24, 2.45) is 11.7 Å². The van der Waals surface area contributed by atoms with Gasteiger partial charge >= 0.3 is 5.97 Å². The Morgan fingerprint density at radius 2 is 2.22 bits per heavy atom. The van der Waals surface area contributed by atoms with Crippen LogP contribution in [0.4, 0.5) is 0 Å². The second kappa shape index (κ2) is 6.55. The van der Waals surface area contributed by atoms with E-state index in [2.05, 4.69) is 0 Å². The molecule has 0 aliphatic heterocycles. The van der Waals surface area contributed by atoms with Crippen LogP contribution in [0.5, 0.6) is 0 Å². The Labute approximate surface area is 108 Å². The predicted molar refractivity (Wildman–Crippen MR) is 71.4 cm³/mol. The molecule has 0 radical (unpaired) electrons. The first kappa shape index (κ1) is 13.1. The quantitative estimate of drug-likeness (QED) is 0.786. The Hall–Kier alpha value is -1.35. The van der Waals surface area contributed by atoms with E-state index in [0.29, 0.717) is 18.7 Å². The summed E-state index contributed by atoms with van der Waals surface area (Å²) in [5.41, 5.74) is 7.23. The number of carbonyl (C=O) groups excluding carboxylic acids is 1. The van der Waals surface area contributed by atoms with E-state index in [1.165, 1.54) is 19.3 Å². The van der Waals surface area contributed by atoms with Crippen LogP contribution in [0.25, 0.3) is 0 Å². The molecule has 18 heavy (non-hydrogen) atoms. The van der Waals surface area contributed by atoms with Gasteiger partial charge in [-0.2, -0.15) is 0 Å². The lowest BCUT2D eigenvalue weighted by atomic mass is 9.83. The molecule has 1 aliphatic carbocycles. The van der Waals surface area contributed by atoms with Crippen molar-refractivity contribution in [2.75, 3.05) is 13.2 Å². The van der Waals surface area contributed by atoms with Crippen LogP contribution in [-0.4, -0.2) is 19.1 Å². The molecular formula is C15H21NO2. The van der Waals surface area contributed by atoms with Crippen molar-refractivity contribution >= 4 is 5.97 Å². The van der Waals surface area contributed by atoms with Crippen molar-refractivity contribution in [3.05, 3.63) is 35.4 Å². The van der Waals surface area contributed by atoms with Crippen molar-refractivity contribution in [2.45, 2.75) is 32.1 Å². The van der Waals surface area contributed by atoms with Crippen molar-refractivity contribution in [1.82, 2.24) is 0 Å². The first-order chi connectivity index (χ1) is 8.79. The second-order valence-corrected chi connectivity index (χ2v) is 4.96. The van der Waals surface area contributed by atoms with Crippen LogP contribution in [0.3, 0.4) is 0 Å². The van der Waals surface area contributed by atoms with Gasteiger partial charge in [0.25, 0.3) is 0 Å². The van der Waals surface area contributed by atoms with Crippen molar-refractivity contribution in [1.29, 1.82) is 0 Å². The molecule has 1 aromatic carbocycles. The van der Waals surface area contributed by atoms with Crippen LogP contribution in [0.1, 0.15) is 41.6 Å². The molecule has 1 aromatic rings. The third-order valence-electron chi connectivity index (χ3n) is 3.58. The van der Waals surface area contributed by atoms with E-state index in [1.807, 2.05) is 18.2 Å². The SMILES string of the molecule is NCCc1cccc(C(=O)OCCC2CCC2)c1. The van der Waals surface area contributed by atoms with Gasteiger partial charge in [-0.1, -0.05) is 31.4 Å². The fourth-order valence-corrected chi connectivity index (χ4v) is 2.20. The minimum atomic E-state index is -0.215. The Bertz CT molecular complexity index is 399. The zero-order chi connectivity index (χ0) is 12.8. The number of rotatable bonds is 6. The molecule has 0 unspecified atom stereocenters. The summed E-state index contributed by atoms with van der Waals surface area (Å²) in [5, 5.41) is 0. The minimum absolute atomic E-state index is 0.215. The number of benzene rings is 1. The van der Waals surface area contributed by atoms with Crippen LogP contribution >= 0.6 is 0 Å². The van der Waals surface area contributed by atoms with Crippen LogP contribution in [0.15, 0.2) is 24.3 Å². The van der Waals surface area contributed by atoms with Crippen LogP contribution in [-0.2, 0) is 11.2 Å². The number of hydrogen-bond acceptors (Lipinski definition) is 3. The fraction of sp³-hybridized carbons (Fsp3) is 0.533. The third-order valence-corrected chi connectivity index (χ3v) is 3.58. The smallest absolute Gasteiger partial charge is 0.338 e. The van der Waals surface area contributed by atoms with Crippen molar-refractivity contribution in [3.63, 3.8) is 0 Å². The number of carbonyl (C=O) groups is 1. The Balaban J connectivity index is 1.81. The molecule has 3 nitrogen and oxygen atoms in total. The average molecular weight is 247 g/mol. The Morgan fingerprint density at radius 3 is 2.89 bits per heavy atom. The maximum Gasteiger partial charge on any atom is 0.338 e. The van der Waals surface area contributed by atoms with Crippen molar-refractivity contribution in [3.8, 4) is 0 Å². The molecule has 1 aliphatic rings. The standard InChI is InChI=1S/C15H21NO2/c16-9-7-13-5-2-6-14(11-13)15(17)18-10-8-12-3-1-4-12/h2,5-6,11-12H,1,3-4,7-10,16H2. The lowest BCUT2D eigenvalue weighted by molar-refractivity contribution is 0.0464. The Kier molecular flexibility index (Phi) is 4.76. The summed E-state index contributed by atoms with van der Waals surface area (Å²) >= 11 is 0. The summed E-state index contributed by atoms with van der Waals surface area (Å²) in [6, 6.07) is 7.54. The number of nitrogens with two attached hydrogens (primary N) is 1. The molecule has 0 atom stereocenters. The molecule has 98 valence electrons. The van der Waals surface area contributed by atoms with Gasteiger partial charge < -0.3 is 10.5 Å². The predicted octanol–water partition coefficient (Wildman–Crippen LogP) is 2.53. The van der Waals surface area contributed by atoms with E-state index < -0.39 is 0 Å². The van der Waals surface area contributed by atoms with Crippen LogP contribution < -0.4 is 5.73 Å². The van der Waals surface area contributed by atoms with E-state index >= 15 is 0 Å². The fourth-order valence-electron chi connectivity index (χ4n) is 2.20. The van der Waals surface area contributed by atoms with Gasteiger partial charge in [0.2, 0.25) is 0 Å². The minimum Gasteiger partial charge on any atom is -0.462 e. The summed E-state index contributed by atoms with van der Waals surface area (Å²) < 4.78 is 5.30. The second-order valence-electron chi connectivity index (χ2n) is 4.96. The highest BCUT2D eigenvalue weighted by atomic mass is 16.5. The first-order valence-corrected chi connectivity index (χ1v) is 6.75. The molecule has 1 saturated carbocycles. The van der Waals surface area contributed by atoms with E-state index in [9.17, 15) is 4.79 Å². The number of esters is 1. The summed E-state index contributed by atoms with van der Waals surface area (Å²) in [6.45, 7) is 1.14. The maximum atomic E-state index is 11.8. The van der Waals surface area contributed by atoms with Gasteiger partial charge in [-0.15, -0.1) is 0 Å². The van der Waals surface area contributed by atoms with Gasteiger partial charge in [-0.25, -0.2) is 4.79 Å². The summed E-state index contributed by atoms with van der Waals surface area (Å²) in [4.78, 5) is 11.8. The summed E-state index contributed by atoms with van der Waals surface area (Å²) in [5.74, 6) is 0.564. The molecule has 1 fully saturated rings. The van der Waals surface area contributed by atoms with E-state index in [-0.39, 0.29) is 5.97 Å². The zero-order valence-corrected chi connectivity index (χ0v) is 10.7. The van der Waals surface area contributed by atoms with E-state index in [0.717, 1.165) is 24.3 Å². The monoisotopic (exact) mass is 247 g/mol. The molecule has 0 bridgehead atoms. The van der Waals surface area contributed by atoms with Gasteiger partial charge in [0.05, 0.1) is 12.2 Å². The molecule has 0 heterocycles. The topological polar surface area (TPSA) is 52.3 Å². The number of ether oxygens (including phenoxy) is 1. The molecule has 0 amide bonds. The van der Waals surface area contributed by atoms with Gasteiger partial charge in [0, 0.05) is 0 Å². The highest BCUT2D eigenvalue weighted by Crippen LogP contribution is 2.29. The third kappa shape index (κ3) is 3.57. The zero-order valence-electron chi connectivity index (χ0n) is 10.7. The Morgan fingerprint density at radius 1 is 1.39 bits per heavy atom. The number of hydrogen-bond donors (Lipinski definition) is 1. The normalized spacial score (nSPS) is 15.2. The molecule has 0 spiro atoms. The van der Waals surface area contributed by atoms with E-state index in [1.54, 1.807) is 6.07 Å². The van der Waals surface area contributed by atoms with Crippen LogP contribution in [0, 0.1) is 5.92 Å². The highest BCUT2D eigenvalue weighted by Gasteiger charge is 2.17. The maximum absolute atomic E-state index is 11.8. The molecule has 2 rings (SSSR count). The lowest BCUT2D eigenvalue weighted by Gasteiger charge is -2.24. The largest absolute Gasteiger partial charge is 0.462 e. The first-order valence-electron chi connectivity index (χ1n) is 6.75. The van der Waals surface area contributed by atoms with Crippen LogP contribution in [0.2, 0.25) is 0 Å². The lowest BCUT2D eigenvalue weighted by Crippen LogP contribution is -2.15.